The first kappa shape index (κ1) is 14.2. The van der Waals surface area contributed by atoms with E-state index in [1.807, 2.05) is 0 Å². The van der Waals surface area contributed by atoms with E-state index in [-0.39, 0.29) is 11.7 Å². The Labute approximate surface area is 120 Å². The van der Waals surface area contributed by atoms with E-state index in [4.69, 9.17) is 5.73 Å². The number of nitrogens with two attached hydrogens (primary N) is 1. The van der Waals surface area contributed by atoms with Gasteiger partial charge in [-0.2, -0.15) is 0 Å². The van der Waals surface area contributed by atoms with Crippen molar-refractivity contribution in [1.29, 1.82) is 0 Å². The van der Waals surface area contributed by atoms with Crippen LogP contribution >= 0.6 is 15.9 Å². The molecule has 104 valence electrons. The lowest BCUT2D eigenvalue weighted by Gasteiger charge is -2.36. The molecular weight excluding hydrogens is 312 g/mol. The topological polar surface area (TPSA) is 85.3 Å². The van der Waals surface area contributed by atoms with Crippen LogP contribution < -0.4 is 10.6 Å². The Bertz CT molecular complexity index is 495. The van der Waals surface area contributed by atoms with Crippen LogP contribution in [0.4, 0.5) is 11.5 Å². The van der Waals surface area contributed by atoms with Gasteiger partial charge in [-0.3, -0.25) is 10.1 Å². The maximum atomic E-state index is 10.9. The highest BCUT2D eigenvalue weighted by atomic mass is 79.9. The van der Waals surface area contributed by atoms with Gasteiger partial charge < -0.3 is 10.6 Å². The van der Waals surface area contributed by atoms with Crippen molar-refractivity contribution in [3.05, 3.63) is 26.3 Å². The van der Waals surface area contributed by atoms with Gasteiger partial charge in [-0.25, -0.2) is 4.98 Å². The Morgan fingerprint density at radius 2 is 2.37 bits per heavy atom. The van der Waals surface area contributed by atoms with Crippen molar-refractivity contribution in [2.24, 2.45) is 5.73 Å². The third kappa shape index (κ3) is 2.71. The van der Waals surface area contributed by atoms with Crippen LogP contribution in [0.25, 0.3) is 0 Å². The molecule has 1 fully saturated rings. The van der Waals surface area contributed by atoms with Crippen LogP contribution in [0, 0.1) is 17.0 Å². The average Bonchev–Trinajstić information content (AvgIpc) is 2.41. The van der Waals surface area contributed by atoms with E-state index in [2.05, 4.69) is 25.8 Å². The minimum absolute atomic E-state index is 0.0388. The van der Waals surface area contributed by atoms with E-state index in [1.165, 1.54) is 12.6 Å². The summed E-state index contributed by atoms with van der Waals surface area (Å²) in [6.45, 7) is 3.20. The van der Waals surface area contributed by atoms with Crippen molar-refractivity contribution in [3.8, 4) is 0 Å². The molecule has 2 N–H and O–H groups in total. The molecule has 1 aliphatic rings. The number of nitrogens with zero attached hydrogens (tertiary/aromatic N) is 3. The van der Waals surface area contributed by atoms with Crippen molar-refractivity contribution in [3.63, 3.8) is 0 Å². The lowest BCUT2D eigenvalue weighted by molar-refractivity contribution is -0.385. The molecule has 6 nitrogen and oxygen atoms in total. The summed E-state index contributed by atoms with van der Waals surface area (Å²) in [5.41, 5.74) is 6.45. The first-order chi connectivity index (χ1) is 9.06. The number of halogens is 1. The Hall–Kier alpha value is -1.21. The fourth-order valence-corrected chi connectivity index (χ4v) is 3.00. The highest BCUT2D eigenvalue weighted by Gasteiger charge is 2.26. The van der Waals surface area contributed by atoms with Crippen molar-refractivity contribution >= 4 is 27.4 Å². The molecule has 0 radical (unpaired) electrons. The van der Waals surface area contributed by atoms with E-state index in [0.29, 0.717) is 16.6 Å². The van der Waals surface area contributed by atoms with Crippen LogP contribution in [-0.2, 0) is 0 Å². The quantitative estimate of drug-likeness (QED) is 0.680. The summed E-state index contributed by atoms with van der Waals surface area (Å²) < 4.78 is 0.696. The predicted octanol–water partition coefficient (Wildman–Crippen LogP) is 2.38. The van der Waals surface area contributed by atoms with E-state index >= 15 is 0 Å². The zero-order valence-electron chi connectivity index (χ0n) is 10.8. The minimum Gasteiger partial charge on any atom is -0.351 e. The third-order valence-electron chi connectivity index (χ3n) is 3.59. The minimum atomic E-state index is -0.409. The maximum absolute atomic E-state index is 10.9. The smallest absolute Gasteiger partial charge is 0.291 e. The van der Waals surface area contributed by atoms with Crippen LogP contribution in [0.3, 0.4) is 0 Å². The molecular formula is C12H17BrN4O2. The fourth-order valence-electron chi connectivity index (χ4n) is 2.46. The van der Waals surface area contributed by atoms with Gasteiger partial charge in [-0.05, 0) is 42.1 Å². The molecule has 0 bridgehead atoms. The molecule has 1 aromatic heterocycles. The van der Waals surface area contributed by atoms with Crippen LogP contribution in [-0.4, -0.2) is 29.0 Å². The molecule has 1 unspecified atom stereocenters. The molecule has 0 aromatic carbocycles. The van der Waals surface area contributed by atoms with Gasteiger partial charge in [-0.15, -0.1) is 0 Å². The van der Waals surface area contributed by atoms with E-state index < -0.39 is 4.92 Å². The molecule has 1 aliphatic heterocycles. The standard InChI is InChI=1S/C12H17BrN4O2/c1-8-10(17(18)19)7-15-12(11(8)13)16-5-3-2-4-9(16)6-14/h7,9H,2-6,14H2,1H3. The van der Waals surface area contributed by atoms with Gasteiger partial charge in [-0.1, -0.05) is 0 Å². The highest BCUT2D eigenvalue weighted by Crippen LogP contribution is 2.35. The van der Waals surface area contributed by atoms with Gasteiger partial charge in [0.05, 0.1) is 9.40 Å². The fraction of sp³-hybridized carbons (Fsp3) is 0.583. The first-order valence-corrected chi connectivity index (χ1v) is 7.11. The van der Waals surface area contributed by atoms with Gasteiger partial charge in [0.15, 0.2) is 0 Å². The molecule has 0 spiro atoms. The number of rotatable bonds is 3. The summed E-state index contributed by atoms with van der Waals surface area (Å²) in [5, 5.41) is 10.9. The number of aromatic nitrogens is 1. The summed E-state index contributed by atoms with van der Waals surface area (Å²) in [6, 6.07) is 0.262. The van der Waals surface area contributed by atoms with Gasteiger partial charge in [0, 0.05) is 24.7 Å². The Kier molecular flexibility index (Phi) is 4.36. The summed E-state index contributed by atoms with van der Waals surface area (Å²) in [4.78, 5) is 16.9. The van der Waals surface area contributed by atoms with E-state index in [0.717, 1.165) is 25.2 Å². The Balaban J connectivity index is 2.39. The van der Waals surface area contributed by atoms with Crippen LogP contribution in [0.5, 0.6) is 0 Å². The molecule has 7 heteroatoms. The zero-order valence-corrected chi connectivity index (χ0v) is 12.4. The summed E-state index contributed by atoms with van der Waals surface area (Å²) in [7, 11) is 0. The summed E-state index contributed by atoms with van der Waals surface area (Å²) >= 11 is 3.44. The second kappa shape index (κ2) is 5.83. The largest absolute Gasteiger partial charge is 0.351 e. The first-order valence-electron chi connectivity index (χ1n) is 6.32. The second-order valence-corrected chi connectivity index (χ2v) is 5.53. The van der Waals surface area contributed by atoms with Crippen molar-refractivity contribution in [1.82, 2.24) is 4.98 Å². The highest BCUT2D eigenvalue weighted by molar-refractivity contribution is 9.10. The second-order valence-electron chi connectivity index (χ2n) is 4.74. The zero-order chi connectivity index (χ0) is 14.0. The lowest BCUT2D eigenvalue weighted by atomic mass is 10.0. The maximum Gasteiger partial charge on any atom is 0.291 e. The molecule has 2 heterocycles. The number of pyridine rings is 1. The van der Waals surface area contributed by atoms with Gasteiger partial charge >= 0.3 is 0 Å². The van der Waals surface area contributed by atoms with Gasteiger partial charge in [0.2, 0.25) is 0 Å². The Morgan fingerprint density at radius 3 is 3.00 bits per heavy atom. The average molecular weight is 329 g/mol. The lowest BCUT2D eigenvalue weighted by Crippen LogP contribution is -2.44. The van der Waals surface area contributed by atoms with Crippen molar-refractivity contribution in [2.45, 2.75) is 32.2 Å². The molecule has 0 saturated carbocycles. The molecule has 0 aliphatic carbocycles. The van der Waals surface area contributed by atoms with Crippen molar-refractivity contribution in [2.75, 3.05) is 18.0 Å². The SMILES string of the molecule is Cc1c([N+](=O)[O-])cnc(N2CCCCC2CN)c1Br. The molecule has 1 aromatic rings. The van der Waals surface area contributed by atoms with Crippen molar-refractivity contribution < 1.29 is 4.92 Å². The molecule has 0 amide bonds. The summed E-state index contributed by atoms with van der Waals surface area (Å²) in [6.07, 6.45) is 4.64. The number of nitro groups is 1. The van der Waals surface area contributed by atoms with Gasteiger partial charge in [0.25, 0.3) is 5.69 Å². The number of hydrogen-bond acceptors (Lipinski definition) is 5. The van der Waals surface area contributed by atoms with Crippen LogP contribution in [0.1, 0.15) is 24.8 Å². The number of piperidine rings is 1. The van der Waals surface area contributed by atoms with E-state index in [9.17, 15) is 10.1 Å². The van der Waals surface area contributed by atoms with Gasteiger partial charge in [0.1, 0.15) is 12.0 Å². The number of anilines is 1. The van der Waals surface area contributed by atoms with Crippen LogP contribution in [0.15, 0.2) is 10.7 Å². The summed E-state index contributed by atoms with van der Waals surface area (Å²) in [5.74, 6) is 0.762. The predicted molar refractivity (Wildman–Crippen MR) is 77.4 cm³/mol. The van der Waals surface area contributed by atoms with E-state index in [1.54, 1.807) is 6.92 Å². The number of hydrogen-bond donors (Lipinski definition) is 1. The molecule has 1 saturated heterocycles. The monoisotopic (exact) mass is 328 g/mol. The third-order valence-corrected chi connectivity index (χ3v) is 4.54. The van der Waals surface area contributed by atoms with Crippen LogP contribution in [0.2, 0.25) is 0 Å². The normalized spacial score (nSPS) is 19.5. The Morgan fingerprint density at radius 1 is 1.63 bits per heavy atom. The molecule has 19 heavy (non-hydrogen) atoms. The molecule has 2 rings (SSSR count). The molecule has 1 atom stereocenters.